The number of benzene rings is 2. The van der Waals surface area contributed by atoms with Gasteiger partial charge in [0, 0.05) is 36.8 Å². The van der Waals surface area contributed by atoms with Gasteiger partial charge in [-0.3, -0.25) is 14.5 Å². The standard InChI is InChI=1S/C23H24ClFN4O4S/c1-34-22(31)26-13-18-14-29(23(32)33-18)17-6-7-20(19(25)12-17)27-8-10-28(11-9-27)21(30)15-2-4-16(24)5-3-15/h2-7,12,18H,8-11,13-14H2,1H3,(H,26,31)/t18-/m0/s1. The number of anilines is 2. The number of thioether (sulfide) groups is 1. The lowest BCUT2D eigenvalue weighted by Gasteiger charge is -2.36. The van der Waals surface area contributed by atoms with Crippen molar-refractivity contribution in [3.63, 3.8) is 0 Å². The van der Waals surface area contributed by atoms with Crippen molar-refractivity contribution in [2.24, 2.45) is 0 Å². The molecule has 0 saturated carbocycles. The van der Waals surface area contributed by atoms with E-state index in [1.54, 1.807) is 47.6 Å². The molecule has 2 aromatic rings. The van der Waals surface area contributed by atoms with E-state index < -0.39 is 18.0 Å². The maximum Gasteiger partial charge on any atom is 0.414 e. The number of carbonyl (C=O) groups is 3. The molecule has 3 amide bonds. The average molecular weight is 507 g/mol. The third-order valence-corrected chi connectivity index (χ3v) is 6.54. The van der Waals surface area contributed by atoms with E-state index in [4.69, 9.17) is 16.3 Å². The number of hydrogen-bond donors (Lipinski definition) is 1. The van der Waals surface area contributed by atoms with Crippen LogP contribution in [0.4, 0.5) is 25.4 Å². The third kappa shape index (κ3) is 5.39. The molecule has 2 saturated heterocycles. The molecule has 0 aromatic heterocycles. The fourth-order valence-corrected chi connectivity index (χ4v) is 4.31. The van der Waals surface area contributed by atoms with Crippen LogP contribution in [-0.2, 0) is 4.74 Å². The average Bonchev–Trinajstić information content (AvgIpc) is 3.23. The maximum atomic E-state index is 15.0. The molecule has 2 fully saturated rings. The van der Waals surface area contributed by atoms with Crippen LogP contribution >= 0.6 is 23.4 Å². The number of nitrogens with zero attached hydrogens (tertiary/aromatic N) is 3. The van der Waals surface area contributed by atoms with Crippen LogP contribution in [0.1, 0.15) is 10.4 Å². The van der Waals surface area contributed by atoms with E-state index in [1.165, 1.54) is 11.0 Å². The van der Waals surface area contributed by atoms with E-state index in [2.05, 4.69) is 5.32 Å². The van der Waals surface area contributed by atoms with Gasteiger partial charge in [-0.15, -0.1) is 0 Å². The van der Waals surface area contributed by atoms with Crippen LogP contribution in [0, 0.1) is 5.82 Å². The second kappa shape index (κ2) is 10.5. The highest BCUT2D eigenvalue weighted by Crippen LogP contribution is 2.28. The molecule has 0 spiro atoms. The monoisotopic (exact) mass is 506 g/mol. The van der Waals surface area contributed by atoms with Gasteiger partial charge in [0.25, 0.3) is 11.1 Å². The van der Waals surface area contributed by atoms with Crippen molar-refractivity contribution in [2.45, 2.75) is 6.10 Å². The van der Waals surface area contributed by atoms with E-state index in [9.17, 15) is 18.8 Å². The largest absolute Gasteiger partial charge is 0.442 e. The van der Waals surface area contributed by atoms with Gasteiger partial charge >= 0.3 is 6.09 Å². The summed E-state index contributed by atoms with van der Waals surface area (Å²) < 4.78 is 20.3. The van der Waals surface area contributed by atoms with E-state index in [1.807, 2.05) is 4.90 Å². The molecule has 34 heavy (non-hydrogen) atoms. The molecule has 2 heterocycles. The van der Waals surface area contributed by atoms with Crippen LogP contribution in [0.5, 0.6) is 0 Å². The van der Waals surface area contributed by atoms with Crippen LogP contribution in [0.3, 0.4) is 0 Å². The quantitative estimate of drug-likeness (QED) is 0.663. The van der Waals surface area contributed by atoms with Crippen molar-refractivity contribution in [1.82, 2.24) is 10.2 Å². The van der Waals surface area contributed by atoms with E-state index in [0.29, 0.717) is 48.1 Å². The van der Waals surface area contributed by atoms with Crippen LogP contribution in [0.2, 0.25) is 5.02 Å². The Labute approximate surface area is 206 Å². The van der Waals surface area contributed by atoms with Crippen molar-refractivity contribution < 1.29 is 23.5 Å². The fourth-order valence-electron chi connectivity index (χ4n) is 3.95. The van der Waals surface area contributed by atoms with Crippen molar-refractivity contribution in [3.05, 3.63) is 58.9 Å². The first-order valence-electron chi connectivity index (χ1n) is 10.7. The molecular formula is C23H24ClFN4O4S. The van der Waals surface area contributed by atoms with Gasteiger partial charge < -0.3 is 19.9 Å². The Morgan fingerprint density at radius 3 is 2.50 bits per heavy atom. The fraction of sp³-hybridized carbons (Fsp3) is 0.348. The van der Waals surface area contributed by atoms with Crippen molar-refractivity contribution in [2.75, 3.05) is 55.3 Å². The molecule has 0 aliphatic carbocycles. The summed E-state index contributed by atoms with van der Waals surface area (Å²) in [6, 6.07) is 11.4. The minimum Gasteiger partial charge on any atom is -0.442 e. The van der Waals surface area contributed by atoms with Gasteiger partial charge in [0.2, 0.25) is 0 Å². The SMILES string of the molecule is CSC(=O)NC[C@H]1CN(c2ccc(N3CCN(C(=O)c4ccc(Cl)cc4)CC3)c(F)c2)C(=O)O1. The Balaban J connectivity index is 1.35. The van der Waals surface area contributed by atoms with Crippen LogP contribution in [-0.4, -0.2) is 73.8 Å². The lowest BCUT2D eigenvalue weighted by molar-refractivity contribution is 0.0746. The molecule has 0 bridgehead atoms. The Kier molecular flexibility index (Phi) is 7.47. The minimum absolute atomic E-state index is 0.0806. The number of piperazine rings is 1. The summed E-state index contributed by atoms with van der Waals surface area (Å²) in [5, 5.41) is 3.02. The van der Waals surface area contributed by atoms with Gasteiger partial charge in [0.15, 0.2) is 0 Å². The third-order valence-electron chi connectivity index (χ3n) is 5.78. The number of ether oxygens (including phenoxy) is 1. The second-order valence-corrected chi connectivity index (χ2v) is 9.13. The van der Waals surface area contributed by atoms with Gasteiger partial charge in [-0.1, -0.05) is 23.4 Å². The summed E-state index contributed by atoms with van der Waals surface area (Å²) in [6.07, 6.45) is 0.576. The molecule has 1 N–H and O–H groups in total. The predicted octanol–water partition coefficient (Wildman–Crippen LogP) is 3.84. The van der Waals surface area contributed by atoms with Gasteiger partial charge in [-0.2, -0.15) is 0 Å². The first kappa shape index (κ1) is 24.2. The van der Waals surface area contributed by atoms with Crippen LogP contribution in [0.25, 0.3) is 0 Å². The summed E-state index contributed by atoms with van der Waals surface area (Å²) in [5.74, 6) is -0.537. The Morgan fingerprint density at radius 1 is 1.15 bits per heavy atom. The zero-order valence-electron chi connectivity index (χ0n) is 18.5. The molecule has 2 aliphatic rings. The number of rotatable bonds is 5. The highest BCUT2D eigenvalue weighted by atomic mass is 35.5. The lowest BCUT2D eigenvalue weighted by atomic mass is 10.1. The molecular weight excluding hydrogens is 483 g/mol. The highest BCUT2D eigenvalue weighted by molar-refractivity contribution is 8.12. The summed E-state index contributed by atoms with van der Waals surface area (Å²) >= 11 is 6.93. The van der Waals surface area contributed by atoms with Gasteiger partial charge in [0.05, 0.1) is 24.5 Å². The minimum atomic E-state index is -0.579. The molecule has 180 valence electrons. The Bertz CT molecular complexity index is 1080. The van der Waals surface area contributed by atoms with Gasteiger partial charge in [0.1, 0.15) is 11.9 Å². The lowest BCUT2D eigenvalue weighted by Crippen LogP contribution is -2.49. The molecule has 11 heteroatoms. The smallest absolute Gasteiger partial charge is 0.414 e. The van der Waals surface area contributed by atoms with Crippen molar-refractivity contribution in [3.8, 4) is 0 Å². The number of hydrogen-bond acceptors (Lipinski definition) is 6. The predicted molar refractivity (Wildman–Crippen MR) is 130 cm³/mol. The molecule has 8 nitrogen and oxygen atoms in total. The highest BCUT2D eigenvalue weighted by Gasteiger charge is 2.33. The number of halogens is 2. The zero-order chi connectivity index (χ0) is 24.2. The number of nitrogens with one attached hydrogen (secondary N) is 1. The van der Waals surface area contributed by atoms with Gasteiger partial charge in [-0.05, 0) is 48.7 Å². The Hall–Kier alpha value is -2.98. The maximum absolute atomic E-state index is 15.0. The molecule has 0 unspecified atom stereocenters. The van der Waals surface area contributed by atoms with Crippen molar-refractivity contribution >= 4 is 52.0 Å². The number of carbonyl (C=O) groups excluding carboxylic acids is 3. The first-order valence-corrected chi connectivity index (χ1v) is 12.4. The van der Waals surface area contributed by atoms with E-state index >= 15 is 0 Å². The zero-order valence-corrected chi connectivity index (χ0v) is 20.1. The van der Waals surface area contributed by atoms with Crippen LogP contribution < -0.4 is 15.1 Å². The van der Waals surface area contributed by atoms with E-state index in [0.717, 1.165) is 11.8 Å². The normalized spacial score (nSPS) is 18.1. The summed E-state index contributed by atoms with van der Waals surface area (Å²) in [6.45, 7) is 2.31. The first-order chi connectivity index (χ1) is 16.4. The second-order valence-electron chi connectivity index (χ2n) is 7.91. The summed E-state index contributed by atoms with van der Waals surface area (Å²) in [7, 11) is 0. The van der Waals surface area contributed by atoms with Gasteiger partial charge in [-0.25, -0.2) is 9.18 Å². The summed E-state index contributed by atoms with van der Waals surface area (Å²) in [5.41, 5.74) is 1.37. The molecule has 2 aliphatic heterocycles. The molecule has 0 radical (unpaired) electrons. The van der Waals surface area contributed by atoms with Crippen molar-refractivity contribution in [1.29, 1.82) is 0 Å². The number of amides is 3. The van der Waals surface area contributed by atoms with E-state index in [-0.39, 0.29) is 24.2 Å². The topological polar surface area (TPSA) is 82.2 Å². The summed E-state index contributed by atoms with van der Waals surface area (Å²) in [4.78, 5) is 41.3. The Morgan fingerprint density at radius 2 is 1.85 bits per heavy atom. The molecule has 4 rings (SSSR count). The molecule has 2 aromatic carbocycles. The van der Waals surface area contributed by atoms with Crippen LogP contribution in [0.15, 0.2) is 42.5 Å². The molecule has 1 atom stereocenters. The number of cyclic esters (lactones) is 1.